The average molecular weight is 499 g/mol. The second-order valence-corrected chi connectivity index (χ2v) is 26.6. The van der Waals surface area contributed by atoms with E-state index >= 15 is 0 Å². The molecule has 0 fully saturated rings. The predicted molar refractivity (Wildman–Crippen MR) is 158 cm³/mol. The molecule has 0 saturated carbocycles. The van der Waals surface area contributed by atoms with Crippen LogP contribution in [0.4, 0.5) is 0 Å². The normalized spacial score (nSPS) is 15.8. The third-order valence-corrected chi connectivity index (χ3v) is 19.2. The fourth-order valence-electron chi connectivity index (χ4n) is 6.85. The molecule has 0 aromatic rings. The van der Waals surface area contributed by atoms with Gasteiger partial charge in [-0.05, 0) is 68.8 Å². The summed E-state index contributed by atoms with van der Waals surface area (Å²) in [5.74, 6) is 0. The van der Waals surface area contributed by atoms with E-state index in [9.17, 15) is 0 Å². The maximum atomic E-state index is 8.16. The maximum Gasteiger partial charge on any atom is 0.181 e. The lowest BCUT2D eigenvalue weighted by molar-refractivity contribution is 0.316. The van der Waals surface area contributed by atoms with Gasteiger partial charge in [0.15, 0.2) is 16.6 Å². The van der Waals surface area contributed by atoms with E-state index in [1.807, 2.05) is 0 Å². The summed E-state index contributed by atoms with van der Waals surface area (Å²) in [6.07, 6.45) is 0. The zero-order valence-electron chi connectivity index (χ0n) is 26.7. The molecule has 0 atom stereocenters. The first-order valence-corrected chi connectivity index (χ1v) is 18.7. The van der Waals surface area contributed by atoms with Gasteiger partial charge in [0.05, 0.1) is 0 Å². The Kier molecular flexibility index (Phi) is 10.5. The van der Waals surface area contributed by atoms with Gasteiger partial charge in [-0.3, -0.25) is 0 Å². The van der Waals surface area contributed by atoms with Crippen molar-refractivity contribution in [3.8, 4) is 0 Å². The molecule has 33 heavy (non-hydrogen) atoms. The first-order chi connectivity index (χ1) is 13.9. The van der Waals surface area contributed by atoms with Gasteiger partial charge in [-0.2, -0.15) is 0 Å². The van der Waals surface area contributed by atoms with Crippen LogP contribution in [-0.4, -0.2) is 16.6 Å². The van der Waals surface area contributed by atoms with Crippen LogP contribution < -0.4 is 0 Å². The molecule has 0 aliphatic rings. The lowest BCUT2D eigenvalue weighted by Gasteiger charge is -2.53. The molecule has 0 aromatic heterocycles. The molecule has 0 heterocycles. The van der Waals surface area contributed by atoms with Gasteiger partial charge in [0, 0.05) is 0 Å². The second kappa shape index (κ2) is 10.4. The van der Waals surface area contributed by atoms with Crippen molar-refractivity contribution >= 4 is 16.6 Å². The molecule has 0 spiro atoms. The lowest BCUT2D eigenvalue weighted by Crippen LogP contribution is -2.58. The second-order valence-electron chi connectivity index (χ2n) is 18.9. The molecule has 0 rings (SSSR count). The molecule has 0 amide bonds. The standard InChI is InChI=1S/C30H66OSi2/c1-25(2,3)19-32(20-26(4,5)6,21-27(7,8)9)31-33(22-28(10,11)12,23-29(13,14)15)24-30(16,17)18/h19-24H2,1-18H3. The van der Waals surface area contributed by atoms with Crippen molar-refractivity contribution in [2.24, 2.45) is 32.5 Å². The Morgan fingerprint density at radius 1 is 0.303 bits per heavy atom. The van der Waals surface area contributed by atoms with Crippen LogP contribution in [-0.2, 0) is 4.12 Å². The zero-order valence-corrected chi connectivity index (χ0v) is 28.7. The van der Waals surface area contributed by atoms with Crippen LogP contribution >= 0.6 is 0 Å². The molecule has 3 heteroatoms. The monoisotopic (exact) mass is 498 g/mol. The van der Waals surface area contributed by atoms with Crippen LogP contribution in [0.25, 0.3) is 0 Å². The fraction of sp³-hybridized carbons (Fsp3) is 1.00. The molecule has 0 aromatic carbocycles. The van der Waals surface area contributed by atoms with Crippen molar-refractivity contribution in [2.45, 2.75) is 161 Å². The van der Waals surface area contributed by atoms with E-state index in [0.29, 0.717) is 0 Å². The molecule has 0 bridgehead atoms. The van der Waals surface area contributed by atoms with E-state index in [1.54, 1.807) is 0 Å². The summed E-state index contributed by atoms with van der Waals surface area (Å²) in [4.78, 5) is 0. The summed E-state index contributed by atoms with van der Waals surface area (Å²) >= 11 is 0. The van der Waals surface area contributed by atoms with Gasteiger partial charge in [-0.25, -0.2) is 0 Å². The zero-order chi connectivity index (χ0) is 26.9. The van der Waals surface area contributed by atoms with Crippen molar-refractivity contribution in [1.82, 2.24) is 0 Å². The van der Waals surface area contributed by atoms with Gasteiger partial charge in [0.1, 0.15) is 0 Å². The highest BCUT2D eigenvalue weighted by atomic mass is 28.4. The Morgan fingerprint density at radius 3 is 0.515 bits per heavy atom. The Morgan fingerprint density at radius 2 is 0.424 bits per heavy atom. The van der Waals surface area contributed by atoms with Crippen LogP contribution in [0, 0.1) is 32.5 Å². The van der Waals surface area contributed by atoms with Gasteiger partial charge in [-0.15, -0.1) is 0 Å². The third-order valence-electron chi connectivity index (χ3n) is 5.55. The van der Waals surface area contributed by atoms with Crippen molar-refractivity contribution in [3.05, 3.63) is 0 Å². The number of rotatable bonds is 8. The summed E-state index contributed by atoms with van der Waals surface area (Å²) < 4.78 is 8.16. The average Bonchev–Trinajstić information content (AvgIpc) is 2.20. The topological polar surface area (TPSA) is 9.23 Å². The molecule has 200 valence electrons. The van der Waals surface area contributed by atoms with Crippen LogP contribution in [0.1, 0.15) is 125 Å². The summed E-state index contributed by atoms with van der Waals surface area (Å²) in [5.41, 5.74) is 1.71. The van der Waals surface area contributed by atoms with E-state index in [2.05, 4.69) is 125 Å². The van der Waals surface area contributed by atoms with Gasteiger partial charge in [0.25, 0.3) is 0 Å². The molecular formula is C30H66OSi2. The number of hydrogen-bond donors (Lipinski definition) is 0. The molecule has 0 saturated heterocycles. The van der Waals surface area contributed by atoms with Gasteiger partial charge >= 0.3 is 0 Å². The van der Waals surface area contributed by atoms with E-state index in [1.165, 1.54) is 36.3 Å². The molecule has 0 aliphatic carbocycles. The third kappa shape index (κ3) is 16.7. The minimum Gasteiger partial charge on any atom is -0.455 e. The lowest BCUT2D eigenvalue weighted by atomic mass is 9.99. The van der Waals surface area contributed by atoms with Gasteiger partial charge in [0.2, 0.25) is 0 Å². The molecular weight excluding hydrogens is 433 g/mol. The fourth-order valence-corrected chi connectivity index (χ4v) is 24.6. The van der Waals surface area contributed by atoms with Crippen LogP contribution in [0.5, 0.6) is 0 Å². The van der Waals surface area contributed by atoms with E-state index in [-0.39, 0.29) is 32.5 Å². The highest BCUT2D eigenvalue weighted by Crippen LogP contribution is 2.51. The van der Waals surface area contributed by atoms with Gasteiger partial charge < -0.3 is 4.12 Å². The van der Waals surface area contributed by atoms with Crippen molar-refractivity contribution in [3.63, 3.8) is 0 Å². The molecule has 0 N–H and O–H groups in total. The minimum atomic E-state index is -2.07. The summed E-state index contributed by atoms with van der Waals surface area (Å²) in [6.45, 7) is 44.1. The Labute approximate surface area is 213 Å². The van der Waals surface area contributed by atoms with Crippen LogP contribution in [0.15, 0.2) is 0 Å². The summed E-state index contributed by atoms with van der Waals surface area (Å²) in [7, 11) is -4.15. The largest absolute Gasteiger partial charge is 0.455 e. The number of hydrogen-bond acceptors (Lipinski definition) is 1. The highest BCUT2D eigenvalue weighted by molar-refractivity contribution is 6.87. The predicted octanol–water partition coefficient (Wildman–Crippen LogP) is 11.2. The SMILES string of the molecule is CC(C)(C)C[Si](CC(C)(C)C)(CC(C)(C)C)O[Si](CC(C)(C)C)(CC(C)(C)C)CC(C)(C)C. The highest BCUT2D eigenvalue weighted by Gasteiger charge is 2.53. The van der Waals surface area contributed by atoms with Crippen LogP contribution in [0.2, 0.25) is 36.3 Å². The molecule has 0 unspecified atom stereocenters. The summed E-state index contributed by atoms with van der Waals surface area (Å²) in [5, 5.41) is 0. The van der Waals surface area contributed by atoms with E-state index < -0.39 is 16.6 Å². The quantitative estimate of drug-likeness (QED) is 0.302. The van der Waals surface area contributed by atoms with E-state index in [0.717, 1.165) is 0 Å². The Bertz CT molecular complexity index is 457. The van der Waals surface area contributed by atoms with Gasteiger partial charge in [-0.1, -0.05) is 125 Å². The first-order valence-electron chi connectivity index (χ1n) is 13.7. The Hall–Kier alpha value is 0.394. The van der Waals surface area contributed by atoms with Crippen molar-refractivity contribution in [1.29, 1.82) is 0 Å². The molecule has 0 aliphatic heterocycles. The maximum absolute atomic E-state index is 8.16. The molecule has 1 nitrogen and oxygen atoms in total. The van der Waals surface area contributed by atoms with Crippen molar-refractivity contribution < 1.29 is 4.12 Å². The Balaban J connectivity index is 7.07. The van der Waals surface area contributed by atoms with E-state index in [4.69, 9.17) is 4.12 Å². The first kappa shape index (κ1) is 33.4. The molecule has 0 radical (unpaired) electrons. The smallest absolute Gasteiger partial charge is 0.181 e. The van der Waals surface area contributed by atoms with Crippen molar-refractivity contribution in [2.75, 3.05) is 0 Å². The van der Waals surface area contributed by atoms with Crippen LogP contribution in [0.3, 0.4) is 0 Å². The minimum absolute atomic E-state index is 0.286. The summed E-state index contributed by atoms with van der Waals surface area (Å²) in [6, 6.07) is 7.59.